The van der Waals surface area contributed by atoms with Gasteiger partial charge in [-0.05, 0) is 24.3 Å². The monoisotopic (exact) mass is 405 g/mol. The standard InChI is InChI=1S/C19H14F3N3O4/c1-25-17(27)14-8-3-2-7-13(14)16(24-25)18(28)29-10-15(26)23-12-6-4-5-11(9-12)19(20,21)22/h2-9H,10H2,1H3,(H,23,26). The summed E-state index contributed by atoms with van der Waals surface area (Å²) in [4.78, 5) is 36.4. The molecule has 1 amide bonds. The summed E-state index contributed by atoms with van der Waals surface area (Å²) in [6.07, 6.45) is -4.55. The first-order chi connectivity index (χ1) is 13.7. The van der Waals surface area contributed by atoms with E-state index in [0.717, 1.165) is 22.9 Å². The maximum absolute atomic E-state index is 12.7. The number of ether oxygens (including phenoxy) is 1. The molecule has 1 heterocycles. The number of halogens is 3. The number of aryl methyl sites for hydroxylation is 1. The number of esters is 1. The van der Waals surface area contributed by atoms with E-state index in [2.05, 4.69) is 10.4 Å². The summed E-state index contributed by atoms with van der Waals surface area (Å²) in [5.41, 5.74) is -1.58. The van der Waals surface area contributed by atoms with Crippen molar-refractivity contribution in [2.24, 2.45) is 7.05 Å². The molecule has 0 spiro atoms. The highest BCUT2D eigenvalue weighted by Gasteiger charge is 2.30. The number of hydrogen-bond acceptors (Lipinski definition) is 5. The van der Waals surface area contributed by atoms with E-state index in [9.17, 15) is 27.6 Å². The smallest absolute Gasteiger partial charge is 0.416 e. The number of nitrogens with one attached hydrogen (secondary N) is 1. The maximum atomic E-state index is 12.7. The van der Waals surface area contributed by atoms with Crippen molar-refractivity contribution >= 4 is 28.3 Å². The molecule has 7 nitrogen and oxygen atoms in total. The van der Waals surface area contributed by atoms with Gasteiger partial charge >= 0.3 is 12.1 Å². The van der Waals surface area contributed by atoms with E-state index in [1.165, 1.54) is 25.2 Å². The molecule has 3 aromatic rings. The van der Waals surface area contributed by atoms with Crippen molar-refractivity contribution in [1.82, 2.24) is 9.78 Å². The van der Waals surface area contributed by atoms with Crippen LogP contribution in [0.5, 0.6) is 0 Å². The van der Waals surface area contributed by atoms with Crippen LogP contribution in [-0.2, 0) is 22.8 Å². The molecule has 0 aliphatic heterocycles. The lowest BCUT2D eigenvalue weighted by Gasteiger charge is -2.11. The largest absolute Gasteiger partial charge is 0.451 e. The number of rotatable bonds is 4. The molecule has 0 atom stereocenters. The Labute approximate surface area is 161 Å². The van der Waals surface area contributed by atoms with E-state index in [1.807, 2.05) is 0 Å². The average Bonchev–Trinajstić information content (AvgIpc) is 2.68. The van der Waals surface area contributed by atoms with Crippen molar-refractivity contribution in [3.05, 3.63) is 70.1 Å². The number of anilines is 1. The fraction of sp³-hybridized carbons (Fsp3) is 0.158. The van der Waals surface area contributed by atoms with Crippen molar-refractivity contribution in [3.63, 3.8) is 0 Å². The van der Waals surface area contributed by atoms with Crippen LogP contribution in [0.15, 0.2) is 53.3 Å². The van der Waals surface area contributed by atoms with Crippen LogP contribution in [0.25, 0.3) is 10.8 Å². The number of hydrogen-bond donors (Lipinski definition) is 1. The molecule has 3 rings (SSSR count). The van der Waals surface area contributed by atoms with Crippen LogP contribution in [-0.4, -0.2) is 28.3 Å². The number of fused-ring (bicyclic) bond motifs is 1. The Morgan fingerprint density at radius 3 is 2.48 bits per heavy atom. The van der Waals surface area contributed by atoms with Crippen LogP contribution in [0.2, 0.25) is 0 Å². The molecule has 0 radical (unpaired) electrons. The molecular formula is C19H14F3N3O4. The summed E-state index contributed by atoms with van der Waals surface area (Å²) in [7, 11) is 1.37. The summed E-state index contributed by atoms with van der Waals surface area (Å²) in [6.45, 7) is -0.742. The lowest BCUT2D eigenvalue weighted by Crippen LogP contribution is -2.26. The highest BCUT2D eigenvalue weighted by atomic mass is 19.4. The summed E-state index contributed by atoms with van der Waals surface area (Å²) < 4.78 is 44.1. The Balaban J connectivity index is 1.72. The van der Waals surface area contributed by atoms with Gasteiger partial charge < -0.3 is 10.1 Å². The van der Waals surface area contributed by atoms with Gasteiger partial charge in [0, 0.05) is 18.1 Å². The van der Waals surface area contributed by atoms with E-state index in [4.69, 9.17) is 4.74 Å². The summed E-state index contributed by atoms with van der Waals surface area (Å²) in [6, 6.07) is 10.3. The molecule has 0 unspecified atom stereocenters. The predicted octanol–water partition coefficient (Wildman–Crippen LogP) is 2.75. The fourth-order valence-corrected chi connectivity index (χ4v) is 2.62. The highest BCUT2D eigenvalue weighted by Crippen LogP contribution is 2.30. The first-order valence-corrected chi connectivity index (χ1v) is 8.27. The van der Waals surface area contributed by atoms with E-state index >= 15 is 0 Å². The number of aromatic nitrogens is 2. The SMILES string of the molecule is Cn1nc(C(=O)OCC(=O)Nc2cccc(C(F)(F)F)c2)c2ccccc2c1=O. The maximum Gasteiger partial charge on any atom is 0.416 e. The number of alkyl halides is 3. The van der Waals surface area contributed by atoms with Crippen molar-refractivity contribution in [2.75, 3.05) is 11.9 Å². The normalized spacial score (nSPS) is 11.3. The van der Waals surface area contributed by atoms with Gasteiger partial charge in [0.1, 0.15) is 0 Å². The highest BCUT2D eigenvalue weighted by molar-refractivity contribution is 6.03. The van der Waals surface area contributed by atoms with Crippen LogP contribution in [0.4, 0.5) is 18.9 Å². The molecular weight excluding hydrogens is 391 g/mol. The molecule has 10 heteroatoms. The first-order valence-electron chi connectivity index (χ1n) is 8.27. The number of benzene rings is 2. The minimum absolute atomic E-state index is 0.0912. The Kier molecular flexibility index (Phi) is 5.35. The van der Waals surface area contributed by atoms with E-state index in [1.54, 1.807) is 12.1 Å². The van der Waals surface area contributed by atoms with Crippen molar-refractivity contribution in [1.29, 1.82) is 0 Å². The minimum Gasteiger partial charge on any atom is -0.451 e. The Bertz CT molecular complexity index is 1160. The van der Waals surface area contributed by atoms with Crippen molar-refractivity contribution in [3.8, 4) is 0 Å². The molecule has 1 aromatic heterocycles. The van der Waals surface area contributed by atoms with Crippen molar-refractivity contribution < 1.29 is 27.5 Å². The number of nitrogens with zero attached hydrogens (tertiary/aromatic N) is 2. The van der Waals surface area contributed by atoms with Gasteiger partial charge in [-0.2, -0.15) is 18.3 Å². The molecule has 2 aromatic carbocycles. The van der Waals surface area contributed by atoms with E-state index in [-0.39, 0.29) is 22.2 Å². The molecule has 0 saturated carbocycles. The summed E-state index contributed by atoms with van der Waals surface area (Å²) in [5, 5.41) is 6.62. The summed E-state index contributed by atoms with van der Waals surface area (Å²) >= 11 is 0. The predicted molar refractivity (Wildman–Crippen MR) is 97.3 cm³/mol. The van der Waals surface area contributed by atoms with Gasteiger partial charge in [-0.1, -0.05) is 24.3 Å². The van der Waals surface area contributed by atoms with Gasteiger partial charge in [-0.15, -0.1) is 0 Å². The Morgan fingerprint density at radius 2 is 1.79 bits per heavy atom. The van der Waals surface area contributed by atoms with Crippen LogP contribution in [0.3, 0.4) is 0 Å². The molecule has 0 bridgehead atoms. The van der Waals surface area contributed by atoms with Gasteiger partial charge in [0.25, 0.3) is 11.5 Å². The van der Waals surface area contributed by atoms with Gasteiger partial charge in [0.2, 0.25) is 0 Å². The van der Waals surface area contributed by atoms with Crippen LogP contribution < -0.4 is 10.9 Å². The second-order valence-corrected chi connectivity index (χ2v) is 6.03. The number of carbonyl (C=O) groups is 2. The van der Waals surface area contributed by atoms with Gasteiger partial charge in [-0.25, -0.2) is 9.48 Å². The van der Waals surface area contributed by atoms with Crippen LogP contribution in [0.1, 0.15) is 16.1 Å². The molecule has 0 aliphatic rings. The minimum atomic E-state index is -4.55. The summed E-state index contributed by atoms with van der Waals surface area (Å²) in [5.74, 6) is -1.78. The van der Waals surface area contributed by atoms with Gasteiger partial charge in [0.15, 0.2) is 12.3 Å². The van der Waals surface area contributed by atoms with E-state index in [0.29, 0.717) is 0 Å². The third kappa shape index (κ3) is 4.42. The lowest BCUT2D eigenvalue weighted by molar-refractivity contribution is -0.137. The topological polar surface area (TPSA) is 90.3 Å². The van der Waals surface area contributed by atoms with Gasteiger partial charge in [-0.3, -0.25) is 9.59 Å². The van der Waals surface area contributed by atoms with Crippen LogP contribution in [0, 0.1) is 0 Å². The Hall–Kier alpha value is -3.69. The third-order valence-electron chi connectivity index (χ3n) is 3.96. The fourth-order valence-electron chi connectivity index (χ4n) is 2.62. The molecule has 0 aliphatic carbocycles. The zero-order valence-electron chi connectivity index (χ0n) is 15.0. The molecule has 0 fully saturated rings. The van der Waals surface area contributed by atoms with Gasteiger partial charge in [0.05, 0.1) is 10.9 Å². The van der Waals surface area contributed by atoms with E-state index < -0.39 is 35.8 Å². The molecule has 150 valence electrons. The second kappa shape index (κ2) is 7.74. The average molecular weight is 405 g/mol. The molecule has 29 heavy (non-hydrogen) atoms. The number of amides is 1. The quantitative estimate of drug-likeness (QED) is 0.674. The molecule has 1 N–H and O–H groups in total. The zero-order chi connectivity index (χ0) is 21.2. The Morgan fingerprint density at radius 1 is 1.10 bits per heavy atom. The third-order valence-corrected chi connectivity index (χ3v) is 3.96. The number of carbonyl (C=O) groups excluding carboxylic acids is 2. The van der Waals surface area contributed by atoms with Crippen LogP contribution >= 0.6 is 0 Å². The lowest BCUT2D eigenvalue weighted by atomic mass is 10.1. The second-order valence-electron chi connectivity index (χ2n) is 6.03. The molecule has 0 saturated heterocycles. The first kappa shape index (κ1) is 20.1. The van der Waals surface area contributed by atoms with Crippen molar-refractivity contribution in [2.45, 2.75) is 6.18 Å². The zero-order valence-corrected chi connectivity index (χ0v) is 15.0.